The van der Waals surface area contributed by atoms with E-state index in [1.165, 1.54) is 48.6 Å². The summed E-state index contributed by atoms with van der Waals surface area (Å²) in [6.07, 6.45) is -2.49. The highest BCUT2D eigenvalue weighted by Crippen LogP contribution is 2.36. The van der Waals surface area contributed by atoms with Gasteiger partial charge in [-0.15, -0.1) is 5.10 Å². The first-order chi connectivity index (χ1) is 19.3. The van der Waals surface area contributed by atoms with Crippen molar-refractivity contribution in [3.63, 3.8) is 0 Å². The number of alkyl halides is 3. The standard InChI is InChI=1S/C26H23ClF4N6O4/c1-3-19(25(40)33-14-5-6-15(24(32)39)18(28)9-14)36-11-21(41-2)17(10-23(36)38)16-8-13(27)4-7-20(16)37-12-22(34-35-37)26(29,30)31/h4-12,19,23,38H,3H2,1-2H3,(H2,32,39)(H,33,40)/t19-,23?/m0/s1. The summed E-state index contributed by atoms with van der Waals surface area (Å²) in [6.45, 7) is 1.69. The molecule has 1 aliphatic rings. The van der Waals surface area contributed by atoms with Crippen LogP contribution < -0.4 is 11.1 Å². The molecule has 0 fully saturated rings. The summed E-state index contributed by atoms with van der Waals surface area (Å²) in [5.41, 5.74) is 4.32. The zero-order valence-electron chi connectivity index (χ0n) is 21.5. The van der Waals surface area contributed by atoms with Gasteiger partial charge >= 0.3 is 6.18 Å². The third-order valence-corrected chi connectivity index (χ3v) is 6.44. The van der Waals surface area contributed by atoms with Crippen LogP contribution in [-0.2, 0) is 15.7 Å². The molecule has 3 aromatic rings. The number of aliphatic hydroxyl groups is 1. The van der Waals surface area contributed by atoms with Gasteiger partial charge < -0.3 is 25.8 Å². The maximum absolute atomic E-state index is 14.2. The number of methoxy groups -OCH3 is 1. The van der Waals surface area contributed by atoms with Crippen molar-refractivity contribution in [2.24, 2.45) is 5.73 Å². The number of anilines is 1. The number of rotatable bonds is 8. The van der Waals surface area contributed by atoms with Gasteiger partial charge in [0.15, 0.2) is 5.69 Å². The average molecular weight is 595 g/mol. The van der Waals surface area contributed by atoms with Gasteiger partial charge in [0.05, 0.1) is 24.6 Å². The monoisotopic (exact) mass is 594 g/mol. The van der Waals surface area contributed by atoms with Gasteiger partial charge in [0, 0.05) is 28.0 Å². The molecule has 0 spiro atoms. The van der Waals surface area contributed by atoms with E-state index in [9.17, 15) is 32.3 Å². The molecule has 1 unspecified atom stereocenters. The van der Waals surface area contributed by atoms with Crippen molar-refractivity contribution in [1.29, 1.82) is 0 Å². The minimum Gasteiger partial charge on any atom is -0.495 e. The van der Waals surface area contributed by atoms with Crippen LogP contribution in [0.15, 0.2) is 60.6 Å². The lowest BCUT2D eigenvalue weighted by Crippen LogP contribution is -2.47. The van der Waals surface area contributed by atoms with E-state index in [2.05, 4.69) is 15.6 Å². The van der Waals surface area contributed by atoms with Gasteiger partial charge in [-0.2, -0.15) is 13.2 Å². The Kier molecular flexibility index (Phi) is 8.35. The highest BCUT2D eigenvalue weighted by molar-refractivity contribution is 6.30. The molecule has 0 bridgehead atoms. The lowest BCUT2D eigenvalue weighted by atomic mass is 9.98. The van der Waals surface area contributed by atoms with Gasteiger partial charge in [0.25, 0.3) is 5.91 Å². The van der Waals surface area contributed by atoms with Crippen LogP contribution in [0.2, 0.25) is 5.02 Å². The molecular weight excluding hydrogens is 572 g/mol. The number of hydrogen-bond donors (Lipinski definition) is 3. The maximum Gasteiger partial charge on any atom is 0.436 e. The fourth-order valence-corrected chi connectivity index (χ4v) is 4.42. The number of benzene rings is 2. The van der Waals surface area contributed by atoms with Crippen molar-refractivity contribution in [3.05, 3.63) is 88.3 Å². The van der Waals surface area contributed by atoms with E-state index in [1.54, 1.807) is 6.92 Å². The minimum absolute atomic E-state index is 0.0595. The number of primary amides is 1. The molecule has 1 aliphatic heterocycles. The van der Waals surface area contributed by atoms with Crippen LogP contribution >= 0.6 is 11.6 Å². The molecule has 216 valence electrons. The van der Waals surface area contributed by atoms with E-state index in [1.807, 2.05) is 0 Å². The number of ether oxygens (including phenoxy) is 1. The quantitative estimate of drug-likeness (QED) is 0.334. The third kappa shape index (κ3) is 6.18. The molecule has 0 saturated heterocycles. The lowest BCUT2D eigenvalue weighted by Gasteiger charge is -2.36. The van der Waals surface area contributed by atoms with E-state index in [0.29, 0.717) is 6.20 Å². The molecule has 2 aromatic carbocycles. The number of aliphatic hydroxyl groups excluding tert-OH is 1. The van der Waals surface area contributed by atoms with Crippen LogP contribution in [0, 0.1) is 5.82 Å². The first-order valence-corrected chi connectivity index (χ1v) is 12.3. The summed E-state index contributed by atoms with van der Waals surface area (Å²) < 4.78 is 60.1. The number of allylic oxidation sites excluding steroid dienone is 1. The summed E-state index contributed by atoms with van der Waals surface area (Å²) >= 11 is 6.20. The zero-order chi connectivity index (χ0) is 30.1. The molecule has 2 heterocycles. The van der Waals surface area contributed by atoms with Crippen molar-refractivity contribution in [2.45, 2.75) is 31.8 Å². The number of hydrogen-bond acceptors (Lipinski definition) is 7. The Morgan fingerprint density at radius 3 is 2.56 bits per heavy atom. The number of carbonyl (C=O) groups excluding carboxylic acids is 2. The Labute approximate surface area is 235 Å². The average Bonchev–Trinajstić information content (AvgIpc) is 3.40. The SMILES string of the molecule is CC[C@@H](C(=O)Nc1ccc(C(N)=O)c(F)c1)N1C=C(OC)C(c2cc(Cl)ccc2-n2cc(C(F)(F)F)nn2)=CC1O. The maximum atomic E-state index is 14.2. The molecule has 0 radical (unpaired) electrons. The summed E-state index contributed by atoms with van der Waals surface area (Å²) in [7, 11) is 1.33. The third-order valence-electron chi connectivity index (χ3n) is 6.20. The topological polar surface area (TPSA) is 136 Å². The molecule has 1 aromatic heterocycles. The van der Waals surface area contributed by atoms with Crippen LogP contribution in [0.25, 0.3) is 11.3 Å². The smallest absolute Gasteiger partial charge is 0.436 e. The van der Waals surface area contributed by atoms with Crippen LogP contribution in [-0.4, -0.2) is 56.2 Å². The van der Waals surface area contributed by atoms with E-state index in [0.717, 1.165) is 16.8 Å². The van der Waals surface area contributed by atoms with Crippen molar-refractivity contribution in [2.75, 3.05) is 12.4 Å². The number of nitrogens with zero attached hydrogens (tertiary/aromatic N) is 4. The van der Waals surface area contributed by atoms with Crippen LogP contribution in [0.5, 0.6) is 0 Å². The lowest BCUT2D eigenvalue weighted by molar-refractivity contribution is -0.141. The highest BCUT2D eigenvalue weighted by Gasteiger charge is 2.35. The Morgan fingerprint density at radius 1 is 1.24 bits per heavy atom. The number of amides is 2. The number of nitrogens with one attached hydrogen (secondary N) is 1. The predicted molar refractivity (Wildman–Crippen MR) is 140 cm³/mol. The van der Waals surface area contributed by atoms with E-state index >= 15 is 0 Å². The van der Waals surface area contributed by atoms with Gasteiger partial charge in [-0.25, -0.2) is 9.07 Å². The summed E-state index contributed by atoms with van der Waals surface area (Å²) in [6, 6.07) is 6.76. The second kappa shape index (κ2) is 11.6. The van der Waals surface area contributed by atoms with Crippen LogP contribution in [0.1, 0.15) is 35.0 Å². The van der Waals surface area contributed by atoms with Crippen LogP contribution in [0.3, 0.4) is 0 Å². The molecule has 4 N–H and O–H groups in total. The van der Waals surface area contributed by atoms with E-state index < -0.39 is 41.8 Å². The molecular formula is C26H23ClF4N6O4. The predicted octanol–water partition coefficient (Wildman–Crippen LogP) is 4.10. The van der Waals surface area contributed by atoms with Gasteiger partial charge in [-0.05, 0) is 48.9 Å². The molecule has 2 amide bonds. The number of halogens is 5. The van der Waals surface area contributed by atoms with Crippen molar-refractivity contribution >= 4 is 34.7 Å². The fraction of sp³-hybridized carbons (Fsp3) is 0.231. The Morgan fingerprint density at radius 2 is 1.98 bits per heavy atom. The molecule has 2 atom stereocenters. The number of aromatic nitrogens is 3. The first kappa shape index (κ1) is 29.6. The molecule has 0 saturated carbocycles. The normalized spacial score (nSPS) is 16.1. The molecule has 15 heteroatoms. The summed E-state index contributed by atoms with van der Waals surface area (Å²) in [5.74, 6) is -2.33. The minimum atomic E-state index is -4.71. The van der Waals surface area contributed by atoms with E-state index in [4.69, 9.17) is 22.1 Å². The number of carbonyl (C=O) groups is 2. The Bertz CT molecular complexity index is 1550. The van der Waals surface area contributed by atoms with Gasteiger partial charge in [0.2, 0.25) is 5.91 Å². The Hall–Kier alpha value is -4.43. The van der Waals surface area contributed by atoms with Gasteiger partial charge in [-0.3, -0.25) is 9.59 Å². The fourth-order valence-electron chi connectivity index (χ4n) is 4.24. The summed E-state index contributed by atoms with van der Waals surface area (Å²) in [4.78, 5) is 25.7. The molecule has 4 rings (SSSR count). The zero-order valence-corrected chi connectivity index (χ0v) is 22.2. The summed E-state index contributed by atoms with van der Waals surface area (Å²) in [5, 5.41) is 20.6. The Balaban J connectivity index is 1.66. The molecule has 41 heavy (non-hydrogen) atoms. The van der Waals surface area contributed by atoms with Gasteiger partial charge in [-0.1, -0.05) is 23.7 Å². The highest BCUT2D eigenvalue weighted by atomic mass is 35.5. The van der Waals surface area contributed by atoms with Crippen molar-refractivity contribution in [3.8, 4) is 5.69 Å². The van der Waals surface area contributed by atoms with Crippen molar-refractivity contribution in [1.82, 2.24) is 19.9 Å². The molecule has 10 nitrogen and oxygen atoms in total. The second-order valence-corrected chi connectivity index (χ2v) is 9.25. The number of nitrogens with two attached hydrogens (primary N) is 1. The van der Waals surface area contributed by atoms with E-state index in [-0.39, 0.29) is 45.3 Å². The first-order valence-electron chi connectivity index (χ1n) is 12.0. The second-order valence-electron chi connectivity index (χ2n) is 8.82. The molecule has 0 aliphatic carbocycles. The van der Waals surface area contributed by atoms with Gasteiger partial charge in [0.1, 0.15) is 23.8 Å². The van der Waals surface area contributed by atoms with Crippen molar-refractivity contribution < 1.29 is 37.0 Å². The largest absolute Gasteiger partial charge is 0.495 e. The van der Waals surface area contributed by atoms with Crippen LogP contribution in [0.4, 0.5) is 23.2 Å².